The smallest absolute Gasteiger partial charge is 0.253 e. The van der Waals surface area contributed by atoms with Crippen LogP contribution in [0.4, 0.5) is 0 Å². The van der Waals surface area contributed by atoms with Crippen molar-refractivity contribution >= 4 is 17.5 Å². The van der Waals surface area contributed by atoms with Gasteiger partial charge in [-0.05, 0) is 42.3 Å². The monoisotopic (exact) mass is 435 g/mol. The number of benzene rings is 1. The van der Waals surface area contributed by atoms with E-state index in [9.17, 15) is 9.90 Å². The number of carbonyl (C=O) groups is 1. The van der Waals surface area contributed by atoms with Gasteiger partial charge in [-0.3, -0.25) is 14.8 Å². The van der Waals surface area contributed by atoms with Crippen LogP contribution in [0.25, 0.3) is 22.3 Å². The molecule has 1 amide bonds. The van der Waals surface area contributed by atoms with Crippen molar-refractivity contribution in [3.63, 3.8) is 0 Å². The van der Waals surface area contributed by atoms with Crippen molar-refractivity contribution < 1.29 is 9.90 Å². The van der Waals surface area contributed by atoms with Crippen LogP contribution in [0.1, 0.15) is 43.2 Å². The maximum absolute atomic E-state index is 12.7. The number of amides is 1. The van der Waals surface area contributed by atoms with E-state index >= 15 is 0 Å². The summed E-state index contributed by atoms with van der Waals surface area (Å²) in [6.45, 7) is 7.35. The Balaban J connectivity index is 1.63. The number of rotatable bonds is 3. The third-order valence-electron chi connectivity index (χ3n) is 5.58. The molecule has 3 heterocycles. The third kappa shape index (κ3) is 4.63. The van der Waals surface area contributed by atoms with Gasteiger partial charge >= 0.3 is 0 Å². The number of β-amino-alcohol motifs (C(OH)–C–C–N with tert-alkyl or cyclic N) is 1. The van der Waals surface area contributed by atoms with Crippen LogP contribution in [0.2, 0.25) is 5.02 Å². The first-order valence-electron chi connectivity index (χ1n) is 10.4. The van der Waals surface area contributed by atoms with Crippen LogP contribution in [0.3, 0.4) is 0 Å². The number of halogens is 1. The van der Waals surface area contributed by atoms with Crippen molar-refractivity contribution in [2.24, 2.45) is 0 Å². The van der Waals surface area contributed by atoms with Gasteiger partial charge in [0.15, 0.2) is 0 Å². The Kier molecular flexibility index (Phi) is 5.82. The number of aliphatic hydroxyl groups excluding tert-OH is 1. The van der Waals surface area contributed by atoms with Crippen molar-refractivity contribution in [3.05, 3.63) is 71.3 Å². The highest BCUT2D eigenvalue weighted by molar-refractivity contribution is 6.33. The van der Waals surface area contributed by atoms with Gasteiger partial charge < -0.3 is 10.0 Å². The number of aromatic nitrogens is 2. The average molecular weight is 436 g/mol. The maximum atomic E-state index is 12.7. The molecule has 1 atom stereocenters. The summed E-state index contributed by atoms with van der Waals surface area (Å²) in [7, 11) is 0. The molecule has 6 heteroatoms. The minimum Gasteiger partial charge on any atom is -0.391 e. The van der Waals surface area contributed by atoms with Crippen LogP contribution in [-0.4, -0.2) is 45.1 Å². The zero-order valence-electron chi connectivity index (χ0n) is 18.0. The minimum absolute atomic E-state index is 0.0435. The zero-order valence-corrected chi connectivity index (χ0v) is 18.7. The number of likely N-dealkylation sites (tertiary alicyclic amines) is 1. The van der Waals surface area contributed by atoms with Crippen LogP contribution in [0.15, 0.2) is 55.0 Å². The molecule has 1 saturated heterocycles. The molecule has 0 bridgehead atoms. The summed E-state index contributed by atoms with van der Waals surface area (Å²) in [6.07, 6.45) is 5.59. The number of nitrogens with zero attached hydrogens (tertiary/aromatic N) is 3. The fraction of sp³-hybridized carbons (Fsp3) is 0.320. The summed E-state index contributed by atoms with van der Waals surface area (Å²) in [5, 5.41) is 10.2. The van der Waals surface area contributed by atoms with Gasteiger partial charge in [-0.25, -0.2) is 0 Å². The van der Waals surface area contributed by atoms with Crippen molar-refractivity contribution in [2.45, 2.75) is 38.7 Å². The Bertz CT molecular complexity index is 1120. The highest BCUT2D eigenvalue weighted by Gasteiger charge is 2.25. The van der Waals surface area contributed by atoms with Gasteiger partial charge in [0.25, 0.3) is 5.91 Å². The Morgan fingerprint density at radius 1 is 1.10 bits per heavy atom. The van der Waals surface area contributed by atoms with E-state index in [-0.39, 0.29) is 11.3 Å². The molecule has 31 heavy (non-hydrogen) atoms. The molecular formula is C25H26ClN3O2. The first kappa shape index (κ1) is 21.5. The largest absolute Gasteiger partial charge is 0.391 e. The van der Waals surface area contributed by atoms with E-state index in [0.29, 0.717) is 30.1 Å². The summed E-state index contributed by atoms with van der Waals surface area (Å²) < 4.78 is 0. The van der Waals surface area contributed by atoms with Gasteiger partial charge in [-0.2, -0.15) is 0 Å². The number of carbonyl (C=O) groups excluding carboxylic acids is 1. The van der Waals surface area contributed by atoms with Gasteiger partial charge in [-0.15, -0.1) is 0 Å². The summed E-state index contributed by atoms with van der Waals surface area (Å²) in [5.74, 6) is -0.108. The van der Waals surface area contributed by atoms with E-state index in [4.69, 9.17) is 11.6 Å². The van der Waals surface area contributed by atoms with Crippen molar-refractivity contribution in [1.82, 2.24) is 14.9 Å². The molecule has 1 aliphatic rings. The standard InChI is InChI=1S/C25H26ClN3O2/c1-25(2,3)23-12-16(6-8-28-23)18-10-19(14-27-13-18)21-5-4-17(11-22(21)26)24(31)29-9-7-20(30)15-29/h4-6,8,10-14,20,30H,7,9,15H2,1-3H3. The summed E-state index contributed by atoms with van der Waals surface area (Å²) in [6, 6.07) is 11.5. The van der Waals surface area contributed by atoms with Crippen LogP contribution in [0, 0.1) is 0 Å². The predicted molar refractivity (Wildman–Crippen MR) is 123 cm³/mol. The zero-order chi connectivity index (χ0) is 22.2. The molecule has 1 fully saturated rings. The SMILES string of the molecule is CC(C)(C)c1cc(-c2cncc(-c3ccc(C(=O)N4CCC(O)C4)cc3Cl)c2)ccn1. The molecule has 4 rings (SSSR count). The van der Waals surface area contributed by atoms with Gasteiger partial charge in [0, 0.05) is 70.1 Å². The lowest BCUT2D eigenvalue weighted by Crippen LogP contribution is -2.29. The highest BCUT2D eigenvalue weighted by atomic mass is 35.5. The van der Waals surface area contributed by atoms with E-state index in [1.807, 2.05) is 30.6 Å². The Labute approximate surface area is 187 Å². The molecule has 2 aromatic heterocycles. The van der Waals surface area contributed by atoms with Gasteiger partial charge in [0.05, 0.1) is 6.10 Å². The third-order valence-corrected chi connectivity index (χ3v) is 5.89. The first-order chi connectivity index (χ1) is 14.7. The molecule has 1 N–H and O–H groups in total. The Morgan fingerprint density at radius 2 is 1.87 bits per heavy atom. The van der Waals surface area contributed by atoms with E-state index < -0.39 is 6.10 Å². The second kappa shape index (κ2) is 8.40. The van der Waals surface area contributed by atoms with Crippen molar-refractivity contribution in [1.29, 1.82) is 0 Å². The lowest BCUT2D eigenvalue weighted by atomic mass is 9.90. The van der Waals surface area contributed by atoms with E-state index in [0.717, 1.165) is 27.9 Å². The van der Waals surface area contributed by atoms with E-state index in [1.54, 1.807) is 23.2 Å². The molecule has 0 aliphatic carbocycles. The van der Waals surface area contributed by atoms with Crippen molar-refractivity contribution in [2.75, 3.05) is 13.1 Å². The molecule has 160 valence electrons. The minimum atomic E-state index is -0.445. The topological polar surface area (TPSA) is 66.3 Å². The fourth-order valence-corrected chi connectivity index (χ4v) is 4.05. The van der Waals surface area contributed by atoms with Gasteiger partial charge in [0.1, 0.15) is 0 Å². The Morgan fingerprint density at radius 3 is 2.55 bits per heavy atom. The van der Waals surface area contributed by atoms with Crippen LogP contribution in [-0.2, 0) is 5.41 Å². The van der Waals surface area contributed by atoms with Crippen LogP contribution >= 0.6 is 11.6 Å². The number of hydrogen-bond donors (Lipinski definition) is 1. The molecule has 0 saturated carbocycles. The first-order valence-corrected chi connectivity index (χ1v) is 10.8. The average Bonchev–Trinajstić information content (AvgIpc) is 3.19. The molecule has 1 aliphatic heterocycles. The second-order valence-corrected chi connectivity index (χ2v) is 9.44. The maximum Gasteiger partial charge on any atom is 0.253 e. The fourth-order valence-electron chi connectivity index (χ4n) is 3.76. The molecule has 1 aromatic carbocycles. The number of pyridine rings is 2. The predicted octanol–water partition coefficient (Wildman–Crippen LogP) is 4.97. The highest BCUT2D eigenvalue weighted by Crippen LogP contribution is 2.32. The summed E-state index contributed by atoms with van der Waals surface area (Å²) >= 11 is 6.57. The van der Waals surface area contributed by atoms with Gasteiger partial charge in [0.2, 0.25) is 0 Å². The summed E-state index contributed by atoms with van der Waals surface area (Å²) in [4.78, 5) is 23.3. The normalized spacial score (nSPS) is 16.5. The second-order valence-electron chi connectivity index (χ2n) is 9.03. The number of aliphatic hydroxyl groups is 1. The lowest BCUT2D eigenvalue weighted by molar-refractivity contribution is 0.0765. The van der Waals surface area contributed by atoms with Gasteiger partial charge in [-0.1, -0.05) is 38.4 Å². The molecule has 0 radical (unpaired) electrons. The van der Waals surface area contributed by atoms with E-state index in [1.165, 1.54) is 0 Å². The molecule has 3 aromatic rings. The molecule has 1 unspecified atom stereocenters. The van der Waals surface area contributed by atoms with Crippen LogP contribution in [0.5, 0.6) is 0 Å². The van der Waals surface area contributed by atoms with Crippen molar-refractivity contribution in [3.8, 4) is 22.3 Å². The van der Waals surface area contributed by atoms with Crippen LogP contribution < -0.4 is 0 Å². The van der Waals surface area contributed by atoms with E-state index in [2.05, 4.69) is 36.8 Å². The number of hydrogen-bond acceptors (Lipinski definition) is 4. The molecule has 0 spiro atoms. The summed E-state index contributed by atoms with van der Waals surface area (Å²) in [5.41, 5.74) is 5.22. The lowest BCUT2D eigenvalue weighted by Gasteiger charge is -2.18. The molecular weight excluding hydrogens is 410 g/mol. The Hall–Kier alpha value is -2.76. The quantitative estimate of drug-likeness (QED) is 0.630. The molecule has 5 nitrogen and oxygen atoms in total.